The summed E-state index contributed by atoms with van der Waals surface area (Å²) in [7, 11) is 2.13. The van der Waals surface area contributed by atoms with Crippen LogP contribution in [0.1, 0.15) is 30.8 Å². The molecule has 2 rings (SSSR count). The number of hydrogen-bond donors (Lipinski definition) is 0. The number of aromatic nitrogens is 3. The van der Waals surface area contributed by atoms with Crippen molar-refractivity contribution in [3.8, 4) is 0 Å². The van der Waals surface area contributed by atoms with Crippen LogP contribution >= 0.6 is 15.9 Å². The predicted octanol–water partition coefficient (Wildman–Crippen LogP) is 3.25. The molecule has 108 valence electrons. The monoisotopic (exact) mass is 336 g/mol. The van der Waals surface area contributed by atoms with Crippen molar-refractivity contribution in [3.63, 3.8) is 0 Å². The Morgan fingerprint density at radius 2 is 1.90 bits per heavy atom. The molecule has 0 aliphatic rings. The van der Waals surface area contributed by atoms with Gasteiger partial charge in [-0.2, -0.15) is 5.10 Å². The van der Waals surface area contributed by atoms with Crippen LogP contribution in [-0.4, -0.2) is 26.7 Å². The van der Waals surface area contributed by atoms with Crippen LogP contribution in [0.4, 0.5) is 0 Å². The van der Waals surface area contributed by atoms with Gasteiger partial charge < -0.3 is 0 Å². The van der Waals surface area contributed by atoms with Gasteiger partial charge in [0.15, 0.2) is 0 Å². The average molecular weight is 337 g/mol. The summed E-state index contributed by atoms with van der Waals surface area (Å²) >= 11 is 3.70. The molecule has 0 atom stereocenters. The van der Waals surface area contributed by atoms with Crippen LogP contribution < -0.4 is 0 Å². The first kappa shape index (κ1) is 15.2. The van der Waals surface area contributed by atoms with Crippen molar-refractivity contribution >= 4 is 15.9 Å². The minimum atomic E-state index is 0.879. The van der Waals surface area contributed by atoms with Crippen LogP contribution in [0.25, 0.3) is 0 Å². The van der Waals surface area contributed by atoms with Crippen molar-refractivity contribution in [1.29, 1.82) is 0 Å². The summed E-state index contributed by atoms with van der Waals surface area (Å²) in [5.74, 6) is 0. The van der Waals surface area contributed by atoms with Gasteiger partial charge in [0, 0.05) is 32.0 Å². The van der Waals surface area contributed by atoms with E-state index < -0.39 is 0 Å². The Labute approximate surface area is 128 Å². The highest BCUT2D eigenvalue weighted by Crippen LogP contribution is 2.23. The van der Waals surface area contributed by atoms with E-state index in [0.29, 0.717) is 0 Å². The summed E-state index contributed by atoms with van der Waals surface area (Å²) in [6.45, 7) is 6.95. The molecule has 0 spiro atoms. The fraction of sp³-hybridized carbons (Fsp3) is 0.467. The van der Waals surface area contributed by atoms with Crippen molar-refractivity contribution in [1.82, 2.24) is 19.7 Å². The summed E-state index contributed by atoms with van der Waals surface area (Å²) in [4.78, 5) is 6.35. The summed E-state index contributed by atoms with van der Waals surface area (Å²) in [5, 5.41) is 4.64. The number of halogens is 1. The number of hydrogen-bond acceptors (Lipinski definition) is 3. The van der Waals surface area contributed by atoms with Crippen molar-refractivity contribution in [2.24, 2.45) is 0 Å². The van der Waals surface area contributed by atoms with Crippen molar-refractivity contribution in [3.05, 3.63) is 46.0 Å². The summed E-state index contributed by atoms with van der Waals surface area (Å²) < 4.78 is 3.25. The minimum Gasteiger partial charge on any atom is -0.296 e. The van der Waals surface area contributed by atoms with E-state index in [1.165, 1.54) is 11.3 Å². The van der Waals surface area contributed by atoms with Crippen molar-refractivity contribution < 1.29 is 0 Å². The molecule has 0 aliphatic carbocycles. The Morgan fingerprint density at radius 1 is 1.20 bits per heavy atom. The Balaban J connectivity index is 2.11. The van der Waals surface area contributed by atoms with Gasteiger partial charge in [-0.15, -0.1) is 0 Å². The Bertz CT molecular complexity index is 551. The van der Waals surface area contributed by atoms with E-state index in [4.69, 9.17) is 0 Å². The second-order valence-electron chi connectivity index (χ2n) is 4.90. The summed E-state index contributed by atoms with van der Waals surface area (Å²) in [6, 6.07) is 4.11. The molecule has 0 radical (unpaired) electrons. The second-order valence-corrected chi connectivity index (χ2v) is 5.70. The number of pyridine rings is 1. The van der Waals surface area contributed by atoms with Gasteiger partial charge in [0.25, 0.3) is 0 Å². The SMILES string of the molecule is CCc1nn(CC)c(CN(C)Cc2ccncc2)c1Br. The zero-order valence-electron chi connectivity index (χ0n) is 12.3. The molecule has 0 saturated carbocycles. The Kier molecular flexibility index (Phi) is 5.31. The lowest BCUT2D eigenvalue weighted by molar-refractivity contribution is 0.306. The Hall–Kier alpha value is -1.20. The van der Waals surface area contributed by atoms with Crippen LogP contribution in [0.15, 0.2) is 29.0 Å². The van der Waals surface area contributed by atoms with Gasteiger partial charge in [-0.3, -0.25) is 14.6 Å². The molecule has 0 amide bonds. The van der Waals surface area contributed by atoms with E-state index in [1.54, 1.807) is 0 Å². The van der Waals surface area contributed by atoms with Gasteiger partial charge in [-0.25, -0.2) is 0 Å². The lowest BCUT2D eigenvalue weighted by Crippen LogP contribution is -2.20. The first-order valence-electron chi connectivity index (χ1n) is 6.97. The molecule has 0 N–H and O–H groups in total. The smallest absolute Gasteiger partial charge is 0.0767 e. The zero-order valence-corrected chi connectivity index (χ0v) is 13.9. The largest absolute Gasteiger partial charge is 0.296 e. The minimum absolute atomic E-state index is 0.879. The van der Waals surface area contributed by atoms with Crippen LogP contribution in [0, 0.1) is 0 Å². The van der Waals surface area contributed by atoms with E-state index in [0.717, 1.165) is 36.2 Å². The van der Waals surface area contributed by atoms with E-state index in [-0.39, 0.29) is 0 Å². The molecule has 2 heterocycles. The van der Waals surface area contributed by atoms with Crippen molar-refractivity contribution in [2.75, 3.05) is 7.05 Å². The highest BCUT2D eigenvalue weighted by Gasteiger charge is 2.15. The third kappa shape index (κ3) is 3.46. The van der Waals surface area contributed by atoms with Crippen molar-refractivity contribution in [2.45, 2.75) is 39.9 Å². The maximum atomic E-state index is 4.64. The molecular weight excluding hydrogens is 316 g/mol. The first-order valence-corrected chi connectivity index (χ1v) is 7.76. The van der Waals surface area contributed by atoms with Gasteiger partial charge in [-0.1, -0.05) is 6.92 Å². The molecule has 0 aromatic carbocycles. The molecule has 2 aromatic rings. The maximum absolute atomic E-state index is 4.64. The molecule has 0 fully saturated rings. The number of aryl methyl sites for hydroxylation is 2. The summed E-state index contributed by atoms with van der Waals surface area (Å²) in [5.41, 5.74) is 3.66. The molecule has 0 saturated heterocycles. The fourth-order valence-electron chi connectivity index (χ4n) is 2.28. The third-order valence-electron chi connectivity index (χ3n) is 3.32. The van der Waals surface area contributed by atoms with E-state index >= 15 is 0 Å². The van der Waals surface area contributed by atoms with Gasteiger partial charge in [0.05, 0.1) is 15.9 Å². The highest BCUT2D eigenvalue weighted by atomic mass is 79.9. The van der Waals surface area contributed by atoms with Crippen LogP contribution in [0.3, 0.4) is 0 Å². The number of nitrogens with zero attached hydrogens (tertiary/aromatic N) is 4. The first-order chi connectivity index (χ1) is 9.65. The normalized spacial score (nSPS) is 11.2. The molecule has 5 heteroatoms. The lowest BCUT2D eigenvalue weighted by Gasteiger charge is -2.17. The van der Waals surface area contributed by atoms with Crippen LogP contribution in [-0.2, 0) is 26.1 Å². The Morgan fingerprint density at radius 3 is 2.50 bits per heavy atom. The molecule has 0 aliphatic heterocycles. The number of rotatable bonds is 6. The van der Waals surface area contributed by atoms with E-state index in [1.807, 2.05) is 12.4 Å². The quantitative estimate of drug-likeness (QED) is 0.811. The molecule has 2 aromatic heterocycles. The third-order valence-corrected chi connectivity index (χ3v) is 4.23. The zero-order chi connectivity index (χ0) is 14.5. The van der Waals surface area contributed by atoms with Gasteiger partial charge in [0.2, 0.25) is 0 Å². The topological polar surface area (TPSA) is 34.0 Å². The summed E-state index contributed by atoms with van der Waals surface area (Å²) in [6.07, 6.45) is 4.63. The molecule has 0 bridgehead atoms. The lowest BCUT2D eigenvalue weighted by atomic mass is 10.2. The molecule has 20 heavy (non-hydrogen) atoms. The highest BCUT2D eigenvalue weighted by molar-refractivity contribution is 9.10. The predicted molar refractivity (Wildman–Crippen MR) is 84.4 cm³/mol. The standard InChI is InChI=1S/C15H21BrN4/c1-4-13-15(16)14(20(5-2)18-13)11-19(3)10-12-6-8-17-9-7-12/h6-9H,4-5,10-11H2,1-3H3. The van der Waals surface area contributed by atoms with Gasteiger partial charge in [0.1, 0.15) is 0 Å². The van der Waals surface area contributed by atoms with Gasteiger partial charge in [-0.05, 0) is 54.0 Å². The van der Waals surface area contributed by atoms with E-state index in [2.05, 4.69) is 68.6 Å². The van der Waals surface area contributed by atoms with Gasteiger partial charge >= 0.3 is 0 Å². The molecule has 4 nitrogen and oxygen atoms in total. The second kappa shape index (κ2) is 6.99. The molecule has 0 unspecified atom stereocenters. The van der Waals surface area contributed by atoms with Crippen LogP contribution in [0.2, 0.25) is 0 Å². The fourth-order valence-corrected chi connectivity index (χ4v) is 2.97. The average Bonchev–Trinajstić information content (AvgIpc) is 2.76. The van der Waals surface area contributed by atoms with E-state index in [9.17, 15) is 0 Å². The molecular formula is C15H21BrN4. The van der Waals surface area contributed by atoms with Crippen LogP contribution in [0.5, 0.6) is 0 Å². The maximum Gasteiger partial charge on any atom is 0.0767 e.